The molecule has 3 nitrogen and oxygen atoms in total. The van der Waals surface area contributed by atoms with Crippen LogP contribution >= 0.6 is 0 Å². The highest BCUT2D eigenvalue weighted by molar-refractivity contribution is 4.89. The van der Waals surface area contributed by atoms with Gasteiger partial charge < -0.3 is 15.0 Å². The maximum atomic E-state index is 5.31. The molecule has 1 N–H and O–H groups in total. The minimum atomic E-state index is 0.846. The molecule has 1 aliphatic heterocycles. The number of likely N-dealkylation sites (tertiary alicyclic amines) is 1. The first-order chi connectivity index (χ1) is 7.90. The average molecular weight is 226 g/mol. The van der Waals surface area contributed by atoms with Gasteiger partial charge in [0.1, 0.15) is 0 Å². The Bertz CT molecular complexity index is 194. The monoisotopic (exact) mass is 226 g/mol. The maximum absolute atomic E-state index is 5.31. The fourth-order valence-electron chi connectivity index (χ4n) is 2.55. The Morgan fingerprint density at radius 1 is 1.31 bits per heavy atom. The van der Waals surface area contributed by atoms with Gasteiger partial charge in [-0.2, -0.15) is 0 Å². The van der Waals surface area contributed by atoms with E-state index in [4.69, 9.17) is 4.74 Å². The molecule has 0 aromatic heterocycles. The summed E-state index contributed by atoms with van der Waals surface area (Å²) in [4.78, 5) is 2.69. The summed E-state index contributed by atoms with van der Waals surface area (Å²) in [7, 11) is 0. The highest BCUT2D eigenvalue weighted by Gasteiger charge is 2.33. The van der Waals surface area contributed by atoms with Gasteiger partial charge in [-0.3, -0.25) is 0 Å². The normalized spacial score (nSPS) is 26.4. The van der Waals surface area contributed by atoms with E-state index in [2.05, 4.69) is 17.1 Å². The van der Waals surface area contributed by atoms with Crippen LogP contribution in [-0.4, -0.2) is 50.3 Å². The first-order valence-corrected chi connectivity index (χ1v) is 6.92. The third-order valence-electron chi connectivity index (χ3n) is 3.66. The van der Waals surface area contributed by atoms with Crippen molar-refractivity contribution >= 4 is 0 Å². The molecule has 1 atom stereocenters. The molecule has 0 radical (unpaired) electrons. The van der Waals surface area contributed by atoms with Crippen molar-refractivity contribution < 1.29 is 4.74 Å². The smallest absolute Gasteiger partial charge is 0.0477 e. The Balaban J connectivity index is 1.44. The molecule has 0 amide bonds. The molecule has 94 valence electrons. The summed E-state index contributed by atoms with van der Waals surface area (Å²) in [6.45, 7) is 8.80. The number of nitrogens with one attached hydrogen (secondary N) is 1. The zero-order valence-corrected chi connectivity index (χ0v) is 10.6. The highest BCUT2D eigenvalue weighted by atomic mass is 16.5. The number of rotatable bonds is 8. The second kappa shape index (κ2) is 6.58. The molecule has 0 bridgehead atoms. The van der Waals surface area contributed by atoms with E-state index in [1.54, 1.807) is 0 Å². The van der Waals surface area contributed by atoms with Crippen LogP contribution in [0.5, 0.6) is 0 Å². The van der Waals surface area contributed by atoms with E-state index in [-0.39, 0.29) is 0 Å². The second-order valence-corrected chi connectivity index (χ2v) is 5.14. The maximum Gasteiger partial charge on any atom is 0.0477 e. The predicted molar refractivity (Wildman–Crippen MR) is 66.7 cm³/mol. The van der Waals surface area contributed by atoms with Gasteiger partial charge >= 0.3 is 0 Å². The van der Waals surface area contributed by atoms with Gasteiger partial charge in [0, 0.05) is 25.8 Å². The van der Waals surface area contributed by atoms with Crippen molar-refractivity contribution in [3.63, 3.8) is 0 Å². The minimum Gasteiger partial charge on any atom is -0.382 e. The number of hydrogen-bond donors (Lipinski definition) is 1. The third-order valence-corrected chi connectivity index (χ3v) is 3.66. The molecule has 1 saturated carbocycles. The van der Waals surface area contributed by atoms with E-state index >= 15 is 0 Å². The molecule has 1 saturated heterocycles. The Labute approximate surface area is 99.5 Å². The molecule has 0 aromatic carbocycles. The van der Waals surface area contributed by atoms with Crippen molar-refractivity contribution in [3.8, 4) is 0 Å². The number of nitrogens with zero attached hydrogens (tertiary/aromatic N) is 1. The summed E-state index contributed by atoms with van der Waals surface area (Å²) in [5.41, 5.74) is 0. The zero-order valence-electron chi connectivity index (χ0n) is 10.6. The van der Waals surface area contributed by atoms with Gasteiger partial charge in [-0.25, -0.2) is 0 Å². The molecular formula is C13H26N2O. The van der Waals surface area contributed by atoms with Gasteiger partial charge in [0.15, 0.2) is 0 Å². The first kappa shape index (κ1) is 12.3. The van der Waals surface area contributed by atoms with Crippen LogP contribution in [0.25, 0.3) is 0 Å². The van der Waals surface area contributed by atoms with E-state index in [9.17, 15) is 0 Å². The van der Waals surface area contributed by atoms with Crippen LogP contribution in [0.15, 0.2) is 0 Å². The van der Waals surface area contributed by atoms with Crippen molar-refractivity contribution in [1.29, 1.82) is 0 Å². The number of ether oxygens (including phenoxy) is 1. The second-order valence-electron chi connectivity index (χ2n) is 5.14. The summed E-state index contributed by atoms with van der Waals surface area (Å²) < 4.78 is 5.31. The first-order valence-electron chi connectivity index (χ1n) is 6.92. The van der Waals surface area contributed by atoms with Crippen molar-refractivity contribution in [2.75, 3.05) is 39.4 Å². The van der Waals surface area contributed by atoms with Crippen LogP contribution in [0.4, 0.5) is 0 Å². The molecule has 2 aliphatic rings. The van der Waals surface area contributed by atoms with Crippen molar-refractivity contribution in [1.82, 2.24) is 10.2 Å². The van der Waals surface area contributed by atoms with E-state index in [1.807, 2.05) is 0 Å². The molecule has 1 heterocycles. The van der Waals surface area contributed by atoms with Crippen LogP contribution in [0.2, 0.25) is 0 Å². The molecule has 16 heavy (non-hydrogen) atoms. The SMILES string of the molecule is CCOCCCNCC1CCN(C2CC2)C1. The molecule has 2 rings (SSSR count). The fourth-order valence-corrected chi connectivity index (χ4v) is 2.55. The Morgan fingerprint density at radius 3 is 2.94 bits per heavy atom. The summed E-state index contributed by atoms with van der Waals surface area (Å²) in [6.07, 6.45) is 5.45. The molecule has 3 heteroatoms. The standard InChI is InChI=1S/C13H26N2O/c1-2-16-9-3-7-14-10-12-6-8-15(11-12)13-4-5-13/h12-14H,2-11H2,1H3. The minimum absolute atomic E-state index is 0.846. The molecule has 0 spiro atoms. The fraction of sp³-hybridized carbons (Fsp3) is 1.00. The van der Waals surface area contributed by atoms with Gasteiger partial charge in [0.05, 0.1) is 0 Å². The lowest BCUT2D eigenvalue weighted by molar-refractivity contribution is 0.144. The highest BCUT2D eigenvalue weighted by Crippen LogP contribution is 2.31. The summed E-state index contributed by atoms with van der Waals surface area (Å²) in [6, 6.07) is 0.961. The van der Waals surface area contributed by atoms with Crippen LogP contribution in [0.3, 0.4) is 0 Å². The predicted octanol–water partition coefficient (Wildman–Crippen LogP) is 1.49. The topological polar surface area (TPSA) is 24.5 Å². The van der Waals surface area contributed by atoms with E-state index < -0.39 is 0 Å². The van der Waals surface area contributed by atoms with Crippen LogP contribution in [-0.2, 0) is 4.74 Å². The van der Waals surface area contributed by atoms with E-state index in [0.717, 1.165) is 38.1 Å². The summed E-state index contributed by atoms with van der Waals surface area (Å²) in [5.74, 6) is 0.896. The zero-order chi connectivity index (χ0) is 11.2. The summed E-state index contributed by atoms with van der Waals surface area (Å²) in [5, 5.41) is 3.56. The lowest BCUT2D eigenvalue weighted by Crippen LogP contribution is -2.28. The molecule has 1 aliphatic carbocycles. The lowest BCUT2D eigenvalue weighted by atomic mass is 10.1. The van der Waals surface area contributed by atoms with Gasteiger partial charge in [0.25, 0.3) is 0 Å². The summed E-state index contributed by atoms with van der Waals surface area (Å²) >= 11 is 0. The quantitative estimate of drug-likeness (QED) is 0.635. The largest absolute Gasteiger partial charge is 0.382 e. The van der Waals surface area contributed by atoms with Gasteiger partial charge in [-0.05, 0) is 58.2 Å². The lowest BCUT2D eigenvalue weighted by Gasteiger charge is -2.15. The Hall–Kier alpha value is -0.120. The molecule has 2 fully saturated rings. The van der Waals surface area contributed by atoms with Crippen LogP contribution in [0.1, 0.15) is 32.6 Å². The number of hydrogen-bond acceptors (Lipinski definition) is 3. The van der Waals surface area contributed by atoms with Crippen molar-refractivity contribution in [2.24, 2.45) is 5.92 Å². The van der Waals surface area contributed by atoms with E-state index in [0.29, 0.717) is 0 Å². The molecular weight excluding hydrogens is 200 g/mol. The van der Waals surface area contributed by atoms with Gasteiger partial charge in [0.2, 0.25) is 0 Å². The van der Waals surface area contributed by atoms with Crippen LogP contribution in [0, 0.1) is 5.92 Å². The van der Waals surface area contributed by atoms with Crippen molar-refractivity contribution in [2.45, 2.75) is 38.6 Å². The van der Waals surface area contributed by atoms with Crippen molar-refractivity contribution in [3.05, 3.63) is 0 Å². The van der Waals surface area contributed by atoms with Gasteiger partial charge in [-0.15, -0.1) is 0 Å². The molecule has 1 unspecified atom stereocenters. The van der Waals surface area contributed by atoms with E-state index in [1.165, 1.54) is 38.9 Å². The third kappa shape index (κ3) is 4.04. The Morgan fingerprint density at radius 2 is 2.19 bits per heavy atom. The molecule has 0 aromatic rings. The van der Waals surface area contributed by atoms with Gasteiger partial charge in [-0.1, -0.05) is 0 Å². The average Bonchev–Trinajstić information content (AvgIpc) is 3.04. The van der Waals surface area contributed by atoms with Crippen LogP contribution < -0.4 is 5.32 Å². The Kier molecular flexibility index (Phi) is 5.07.